The van der Waals surface area contributed by atoms with Crippen LogP contribution in [-0.4, -0.2) is 59.7 Å². The lowest BCUT2D eigenvalue weighted by atomic mass is 9.39. The lowest BCUT2D eigenvalue weighted by molar-refractivity contribution is -0.242. The molecule has 0 amide bonds. The highest BCUT2D eigenvalue weighted by Crippen LogP contribution is 2.69. The molecule has 5 rings (SSSR count). The van der Waals surface area contributed by atoms with Gasteiger partial charge >= 0.3 is 23.9 Å². The van der Waals surface area contributed by atoms with Crippen molar-refractivity contribution in [1.29, 1.82) is 0 Å². The third-order valence-electron chi connectivity index (χ3n) is 10.4. The van der Waals surface area contributed by atoms with E-state index in [1.807, 2.05) is 6.92 Å². The summed E-state index contributed by atoms with van der Waals surface area (Å²) in [5, 5.41) is 12.4. The van der Waals surface area contributed by atoms with Crippen LogP contribution in [0.3, 0.4) is 0 Å². The van der Waals surface area contributed by atoms with Crippen LogP contribution in [0.15, 0.2) is 34.2 Å². The lowest BCUT2D eigenvalue weighted by Gasteiger charge is -2.66. The summed E-state index contributed by atoms with van der Waals surface area (Å²) in [6, 6.07) is 1.70. The molecule has 0 spiro atoms. The van der Waals surface area contributed by atoms with Crippen LogP contribution in [-0.2, 0) is 42.9 Å². The number of carbonyl (C=O) groups is 5. The Hall–Kier alpha value is -3.47. The summed E-state index contributed by atoms with van der Waals surface area (Å²) in [5.74, 6) is -4.52. The van der Waals surface area contributed by atoms with Gasteiger partial charge in [-0.15, -0.1) is 0 Å². The summed E-state index contributed by atoms with van der Waals surface area (Å²) in [6.45, 7) is 9.57. The molecule has 1 saturated heterocycles. The van der Waals surface area contributed by atoms with Crippen molar-refractivity contribution in [1.82, 2.24) is 0 Å². The predicted octanol–water partition coefficient (Wildman–Crippen LogP) is 3.38. The van der Waals surface area contributed by atoms with Gasteiger partial charge in [0.1, 0.15) is 18.3 Å². The standard InChI is InChI=1S/C31H38O11/c1-15(32)40-20-13-29(5)19(10-23(35)42-25(29)17-8-9-39-14-17)18-12-31(37)26(36)30(6,24(18)20)21(11-22(34)38-7)28(3,4)27(31)41-16(2)33/h8-9,14,20-21,24-25,27,37H,10-13H2,1-7H3/t20-,21+,24-,25+,27+,29-,30-,31+/m1/s1. The van der Waals surface area contributed by atoms with E-state index < -0.39 is 81.7 Å². The Balaban J connectivity index is 1.81. The molecule has 3 aliphatic carbocycles. The first-order valence-corrected chi connectivity index (χ1v) is 14.1. The fourth-order valence-corrected chi connectivity index (χ4v) is 8.89. The van der Waals surface area contributed by atoms with E-state index in [0.717, 1.165) is 0 Å². The minimum Gasteiger partial charge on any atom is -0.472 e. The fourth-order valence-electron chi connectivity index (χ4n) is 8.89. The Morgan fingerprint density at radius 1 is 1.07 bits per heavy atom. The quantitative estimate of drug-likeness (QED) is 0.307. The van der Waals surface area contributed by atoms with Crippen LogP contribution in [0.1, 0.15) is 78.9 Å². The summed E-state index contributed by atoms with van der Waals surface area (Å²) in [7, 11) is 1.24. The van der Waals surface area contributed by atoms with E-state index in [0.29, 0.717) is 16.7 Å². The number of Topliss-reactive ketones (excluding diaryl/α,β-unsaturated/α-hetero) is 1. The third kappa shape index (κ3) is 4.14. The van der Waals surface area contributed by atoms with E-state index in [1.165, 1.54) is 33.5 Å². The predicted molar refractivity (Wildman–Crippen MR) is 143 cm³/mol. The Kier molecular flexibility index (Phi) is 6.99. The van der Waals surface area contributed by atoms with Gasteiger partial charge in [-0.2, -0.15) is 0 Å². The van der Waals surface area contributed by atoms with Crippen LogP contribution in [0.4, 0.5) is 0 Å². The van der Waals surface area contributed by atoms with E-state index >= 15 is 0 Å². The smallest absolute Gasteiger partial charge is 0.310 e. The monoisotopic (exact) mass is 586 g/mol. The van der Waals surface area contributed by atoms with Crippen LogP contribution in [0.2, 0.25) is 0 Å². The molecule has 1 aromatic heterocycles. The van der Waals surface area contributed by atoms with Gasteiger partial charge < -0.3 is 28.5 Å². The molecule has 4 aliphatic rings. The first kappa shape index (κ1) is 30.0. The molecule has 2 saturated carbocycles. The summed E-state index contributed by atoms with van der Waals surface area (Å²) < 4.78 is 27.9. The highest BCUT2D eigenvalue weighted by atomic mass is 16.6. The zero-order valence-corrected chi connectivity index (χ0v) is 25.0. The molecule has 2 bridgehead atoms. The number of esters is 4. The molecule has 0 unspecified atom stereocenters. The number of hydrogen-bond acceptors (Lipinski definition) is 11. The second-order valence-corrected chi connectivity index (χ2v) is 13.2. The second kappa shape index (κ2) is 9.79. The summed E-state index contributed by atoms with van der Waals surface area (Å²) in [6.07, 6.45) is -0.361. The van der Waals surface area contributed by atoms with Crippen molar-refractivity contribution in [2.75, 3.05) is 7.11 Å². The zero-order chi connectivity index (χ0) is 31.0. The highest BCUT2D eigenvalue weighted by molar-refractivity contribution is 5.98. The molecular weight excluding hydrogens is 548 g/mol. The van der Waals surface area contributed by atoms with Crippen molar-refractivity contribution in [3.63, 3.8) is 0 Å². The van der Waals surface area contributed by atoms with Gasteiger partial charge in [0.15, 0.2) is 11.4 Å². The lowest BCUT2D eigenvalue weighted by Crippen LogP contribution is -2.76. The fraction of sp³-hybridized carbons (Fsp3) is 0.645. The molecular formula is C31H38O11. The van der Waals surface area contributed by atoms with Crippen LogP contribution < -0.4 is 0 Å². The van der Waals surface area contributed by atoms with Gasteiger partial charge in [-0.05, 0) is 24.0 Å². The van der Waals surface area contributed by atoms with Crippen molar-refractivity contribution in [3.8, 4) is 0 Å². The number of hydrogen-bond donors (Lipinski definition) is 1. The number of furan rings is 1. The van der Waals surface area contributed by atoms with Gasteiger partial charge in [-0.3, -0.25) is 24.0 Å². The molecule has 0 aromatic carbocycles. The average Bonchev–Trinajstić information content (AvgIpc) is 3.42. The van der Waals surface area contributed by atoms with Crippen molar-refractivity contribution in [2.45, 2.75) is 91.1 Å². The van der Waals surface area contributed by atoms with E-state index in [9.17, 15) is 29.1 Å². The first-order chi connectivity index (χ1) is 19.5. The molecule has 3 fully saturated rings. The SMILES string of the molecule is COC(=O)C[C@H]1C(C)(C)[C@H](OC(C)=O)[C@]2(O)CC3=C4CC(=O)O[C@@H](c5ccoc5)[C@]4(C)C[C@@H](OC(C)=O)[C@@H]3[C@]1(C)C2=O. The van der Waals surface area contributed by atoms with Crippen LogP contribution in [0, 0.1) is 28.1 Å². The molecule has 228 valence electrons. The topological polar surface area (TPSA) is 156 Å². The first-order valence-electron chi connectivity index (χ1n) is 14.1. The van der Waals surface area contributed by atoms with Crippen LogP contribution in [0.5, 0.6) is 0 Å². The Morgan fingerprint density at radius 3 is 2.31 bits per heavy atom. The maximum absolute atomic E-state index is 14.6. The Morgan fingerprint density at radius 2 is 1.74 bits per heavy atom. The number of ketones is 1. The van der Waals surface area contributed by atoms with Gasteiger partial charge in [0, 0.05) is 54.4 Å². The number of cyclic esters (lactones) is 1. The van der Waals surface area contributed by atoms with E-state index in [4.69, 9.17) is 23.4 Å². The van der Waals surface area contributed by atoms with Crippen LogP contribution >= 0.6 is 0 Å². The van der Waals surface area contributed by atoms with Gasteiger partial charge in [0.2, 0.25) is 0 Å². The van der Waals surface area contributed by atoms with E-state index in [1.54, 1.807) is 26.8 Å². The minimum absolute atomic E-state index is 0.104. The molecule has 11 heteroatoms. The number of ether oxygens (including phenoxy) is 4. The number of aliphatic hydroxyl groups is 1. The van der Waals surface area contributed by atoms with Gasteiger partial charge in [0.05, 0.1) is 26.1 Å². The molecule has 11 nitrogen and oxygen atoms in total. The summed E-state index contributed by atoms with van der Waals surface area (Å²) >= 11 is 0. The molecule has 1 aromatic rings. The Labute approximate surface area is 243 Å². The molecule has 1 N–H and O–H groups in total. The van der Waals surface area contributed by atoms with Crippen molar-refractivity contribution < 1.29 is 52.4 Å². The highest BCUT2D eigenvalue weighted by Gasteiger charge is 2.75. The zero-order valence-electron chi connectivity index (χ0n) is 25.0. The van der Waals surface area contributed by atoms with E-state index in [-0.39, 0.29) is 25.7 Å². The molecule has 1 aliphatic heterocycles. The maximum Gasteiger partial charge on any atom is 0.310 e. The molecule has 42 heavy (non-hydrogen) atoms. The third-order valence-corrected chi connectivity index (χ3v) is 10.4. The Bertz CT molecular complexity index is 1370. The van der Waals surface area contributed by atoms with Gasteiger partial charge in [-0.1, -0.05) is 33.3 Å². The maximum atomic E-state index is 14.6. The van der Waals surface area contributed by atoms with Crippen LogP contribution in [0.25, 0.3) is 0 Å². The minimum atomic E-state index is -2.18. The molecule has 2 heterocycles. The van der Waals surface area contributed by atoms with Crippen molar-refractivity contribution in [3.05, 3.63) is 35.3 Å². The second-order valence-electron chi connectivity index (χ2n) is 13.2. The largest absolute Gasteiger partial charge is 0.472 e. The summed E-state index contributed by atoms with van der Waals surface area (Å²) in [4.78, 5) is 65.4. The number of methoxy groups -OCH3 is 1. The average molecular weight is 587 g/mol. The normalized spacial score (nSPS) is 38.5. The number of fused-ring (bicyclic) bond motifs is 5. The van der Waals surface area contributed by atoms with Crippen molar-refractivity contribution in [2.24, 2.45) is 28.1 Å². The van der Waals surface area contributed by atoms with Gasteiger partial charge in [0.25, 0.3) is 0 Å². The van der Waals surface area contributed by atoms with Gasteiger partial charge in [-0.25, -0.2) is 0 Å². The molecule has 8 atom stereocenters. The van der Waals surface area contributed by atoms with E-state index in [2.05, 4.69) is 0 Å². The van der Waals surface area contributed by atoms with Crippen molar-refractivity contribution >= 4 is 29.7 Å². The number of rotatable bonds is 5. The summed E-state index contributed by atoms with van der Waals surface area (Å²) in [5.41, 5.74) is -3.78. The molecule has 0 radical (unpaired) electrons. The number of carbonyl (C=O) groups excluding carboxylic acids is 5.